The fraction of sp³-hybridized carbons (Fsp3) is 0.235. The minimum atomic E-state index is -0.198. The van der Waals surface area contributed by atoms with E-state index in [-0.39, 0.29) is 5.91 Å². The largest absolute Gasteiger partial charge is 0.493 e. The van der Waals surface area contributed by atoms with Gasteiger partial charge in [0.2, 0.25) is 5.75 Å². The standard InChI is InChI=1S/C17H17ClINO4/c1-22-14-6-10(7-15(23-2)16(14)24-3)9-20-17(21)12-8-11(18)4-5-13(12)19/h4-8H,9H2,1-3H3,(H,20,21). The molecule has 2 aromatic rings. The zero-order chi connectivity index (χ0) is 17.7. The summed E-state index contributed by atoms with van der Waals surface area (Å²) in [5, 5.41) is 3.39. The first kappa shape index (κ1) is 18.7. The van der Waals surface area contributed by atoms with Gasteiger partial charge in [-0.1, -0.05) is 11.6 Å². The average molecular weight is 462 g/mol. The average Bonchev–Trinajstić information content (AvgIpc) is 2.60. The van der Waals surface area contributed by atoms with Crippen LogP contribution in [0.25, 0.3) is 0 Å². The minimum Gasteiger partial charge on any atom is -0.493 e. The molecule has 2 aromatic carbocycles. The van der Waals surface area contributed by atoms with Crippen LogP contribution in [-0.4, -0.2) is 27.2 Å². The van der Waals surface area contributed by atoms with Crippen LogP contribution in [0.1, 0.15) is 15.9 Å². The zero-order valence-electron chi connectivity index (χ0n) is 13.5. The summed E-state index contributed by atoms with van der Waals surface area (Å²) in [7, 11) is 4.64. The molecule has 0 fully saturated rings. The van der Waals surface area contributed by atoms with E-state index in [4.69, 9.17) is 25.8 Å². The Balaban J connectivity index is 2.19. The molecule has 0 saturated carbocycles. The van der Waals surface area contributed by atoms with Gasteiger partial charge in [0.15, 0.2) is 11.5 Å². The summed E-state index contributed by atoms with van der Waals surface area (Å²) in [5.74, 6) is 1.40. The molecule has 24 heavy (non-hydrogen) atoms. The molecule has 0 aliphatic heterocycles. The first-order valence-corrected chi connectivity index (χ1v) is 8.48. The van der Waals surface area contributed by atoms with Crippen molar-refractivity contribution in [3.05, 3.63) is 50.1 Å². The van der Waals surface area contributed by atoms with Gasteiger partial charge in [0, 0.05) is 15.1 Å². The van der Waals surface area contributed by atoms with Crippen molar-refractivity contribution in [2.45, 2.75) is 6.54 Å². The van der Waals surface area contributed by atoms with Gasteiger partial charge in [-0.3, -0.25) is 4.79 Å². The SMILES string of the molecule is COc1cc(CNC(=O)c2cc(Cl)ccc2I)cc(OC)c1OC. The Morgan fingerprint density at radius 2 is 1.71 bits per heavy atom. The second kappa shape index (κ2) is 8.43. The molecule has 0 aliphatic carbocycles. The summed E-state index contributed by atoms with van der Waals surface area (Å²) < 4.78 is 16.7. The van der Waals surface area contributed by atoms with Crippen LogP contribution in [-0.2, 0) is 6.54 Å². The summed E-state index contributed by atoms with van der Waals surface area (Å²) in [6.07, 6.45) is 0. The molecule has 0 bridgehead atoms. The van der Waals surface area contributed by atoms with E-state index in [1.165, 1.54) is 0 Å². The number of hydrogen-bond acceptors (Lipinski definition) is 4. The molecule has 0 aliphatic rings. The third-order valence-corrected chi connectivity index (χ3v) is 4.53. The topological polar surface area (TPSA) is 56.8 Å². The van der Waals surface area contributed by atoms with Crippen LogP contribution in [0.4, 0.5) is 0 Å². The van der Waals surface area contributed by atoms with E-state index in [2.05, 4.69) is 27.9 Å². The number of hydrogen-bond donors (Lipinski definition) is 1. The highest BCUT2D eigenvalue weighted by Gasteiger charge is 2.15. The molecule has 0 saturated heterocycles. The van der Waals surface area contributed by atoms with E-state index in [1.54, 1.807) is 51.7 Å². The van der Waals surface area contributed by atoms with Crippen LogP contribution in [0.2, 0.25) is 5.02 Å². The highest BCUT2D eigenvalue weighted by atomic mass is 127. The number of amides is 1. The zero-order valence-corrected chi connectivity index (χ0v) is 16.4. The molecule has 2 rings (SSSR count). The van der Waals surface area contributed by atoms with Crippen LogP contribution < -0.4 is 19.5 Å². The smallest absolute Gasteiger partial charge is 0.252 e. The number of nitrogens with one attached hydrogen (secondary N) is 1. The molecular formula is C17H17ClINO4. The van der Waals surface area contributed by atoms with E-state index in [1.807, 2.05) is 0 Å². The molecule has 0 atom stereocenters. The fourth-order valence-electron chi connectivity index (χ4n) is 2.19. The van der Waals surface area contributed by atoms with Crippen molar-refractivity contribution in [1.82, 2.24) is 5.32 Å². The third kappa shape index (κ3) is 4.24. The fourth-order valence-corrected chi connectivity index (χ4v) is 2.94. The van der Waals surface area contributed by atoms with Crippen molar-refractivity contribution in [2.75, 3.05) is 21.3 Å². The Bertz CT molecular complexity index is 726. The highest BCUT2D eigenvalue weighted by Crippen LogP contribution is 2.38. The highest BCUT2D eigenvalue weighted by molar-refractivity contribution is 14.1. The molecule has 0 radical (unpaired) electrons. The van der Waals surface area contributed by atoms with Gasteiger partial charge in [-0.25, -0.2) is 0 Å². The van der Waals surface area contributed by atoms with Crippen LogP contribution in [0, 0.1) is 3.57 Å². The van der Waals surface area contributed by atoms with E-state index in [0.29, 0.717) is 34.4 Å². The number of carbonyl (C=O) groups excluding carboxylic acids is 1. The van der Waals surface area contributed by atoms with Gasteiger partial charge in [0.25, 0.3) is 5.91 Å². The molecular weight excluding hydrogens is 445 g/mol. The number of rotatable bonds is 6. The second-order valence-corrected chi connectivity index (χ2v) is 6.44. The maximum absolute atomic E-state index is 12.4. The van der Waals surface area contributed by atoms with Crippen LogP contribution >= 0.6 is 34.2 Å². The Kier molecular flexibility index (Phi) is 6.56. The lowest BCUT2D eigenvalue weighted by Crippen LogP contribution is -2.23. The van der Waals surface area contributed by atoms with E-state index < -0.39 is 0 Å². The molecule has 1 N–H and O–H groups in total. The van der Waals surface area contributed by atoms with Crippen molar-refractivity contribution in [1.29, 1.82) is 0 Å². The van der Waals surface area contributed by atoms with Crippen LogP contribution in [0.5, 0.6) is 17.2 Å². The number of methoxy groups -OCH3 is 3. The molecule has 128 valence electrons. The summed E-state index contributed by atoms with van der Waals surface area (Å²) >= 11 is 8.06. The van der Waals surface area contributed by atoms with Gasteiger partial charge in [0.05, 0.1) is 26.9 Å². The lowest BCUT2D eigenvalue weighted by atomic mass is 10.1. The van der Waals surface area contributed by atoms with Gasteiger partial charge in [0.1, 0.15) is 0 Å². The van der Waals surface area contributed by atoms with Crippen LogP contribution in [0.3, 0.4) is 0 Å². The van der Waals surface area contributed by atoms with E-state index in [9.17, 15) is 4.79 Å². The Hall–Kier alpha value is -1.67. The van der Waals surface area contributed by atoms with Crippen molar-refractivity contribution in [3.8, 4) is 17.2 Å². The lowest BCUT2D eigenvalue weighted by molar-refractivity contribution is 0.0950. The summed E-state index contributed by atoms with van der Waals surface area (Å²) in [4.78, 5) is 12.4. The number of ether oxygens (including phenoxy) is 3. The molecule has 0 unspecified atom stereocenters. The maximum atomic E-state index is 12.4. The first-order chi connectivity index (χ1) is 11.5. The van der Waals surface area contributed by atoms with E-state index in [0.717, 1.165) is 9.13 Å². The molecule has 7 heteroatoms. The van der Waals surface area contributed by atoms with Crippen molar-refractivity contribution in [3.63, 3.8) is 0 Å². The van der Waals surface area contributed by atoms with Gasteiger partial charge >= 0.3 is 0 Å². The van der Waals surface area contributed by atoms with E-state index >= 15 is 0 Å². The van der Waals surface area contributed by atoms with Crippen molar-refractivity contribution in [2.24, 2.45) is 0 Å². The Labute approximate surface area is 159 Å². The van der Waals surface area contributed by atoms with Crippen molar-refractivity contribution >= 4 is 40.1 Å². The number of carbonyl (C=O) groups is 1. The predicted octanol–water partition coefficient (Wildman–Crippen LogP) is 3.90. The number of halogens is 2. The molecule has 0 heterocycles. The number of benzene rings is 2. The molecule has 0 spiro atoms. The van der Waals surface area contributed by atoms with Crippen LogP contribution in [0.15, 0.2) is 30.3 Å². The third-order valence-electron chi connectivity index (χ3n) is 3.35. The predicted molar refractivity (Wildman–Crippen MR) is 101 cm³/mol. The van der Waals surface area contributed by atoms with Gasteiger partial charge in [-0.05, 0) is 58.5 Å². The summed E-state index contributed by atoms with van der Waals surface area (Å²) in [5.41, 5.74) is 1.37. The van der Waals surface area contributed by atoms with Gasteiger partial charge < -0.3 is 19.5 Å². The molecule has 0 aromatic heterocycles. The minimum absolute atomic E-state index is 0.198. The lowest BCUT2D eigenvalue weighted by Gasteiger charge is -2.14. The monoisotopic (exact) mass is 461 g/mol. The Morgan fingerprint density at radius 1 is 1.08 bits per heavy atom. The molecule has 5 nitrogen and oxygen atoms in total. The molecule has 1 amide bonds. The normalized spacial score (nSPS) is 10.2. The first-order valence-electron chi connectivity index (χ1n) is 7.02. The Morgan fingerprint density at radius 3 is 2.25 bits per heavy atom. The quantitative estimate of drug-likeness (QED) is 0.663. The van der Waals surface area contributed by atoms with Gasteiger partial charge in [-0.15, -0.1) is 0 Å². The summed E-state index contributed by atoms with van der Waals surface area (Å²) in [6, 6.07) is 8.79. The second-order valence-electron chi connectivity index (χ2n) is 4.84. The summed E-state index contributed by atoms with van der Waals surface area (Å²) in [6.45, 7) is 0.318. The maximum Gasteiger partial charge on any atom is 0.252 e. The van der Waals surface area contributed by atoms with Gasteiger partial charge in [-0.2, -0.15) is 0 Å². The van der Waals surface area contributed by atoms with Crippen molar-refractivity contribution < 1.29 is 19.0 Å².